The molecule has 5 heteroatoms. The molecule has 0 spiro atoms. The Morgan fingerprint density at radius 2 is 2.12 bits per heavy atom. The van der Waals surface area contributed by atoms with Gasteiger partial charge in [0.2, 0.25) is 0 Å². The first kappa shape index (κ1) is 11.4. The molecular weight excluding hydrogens is 288 g/mol. The van der Waals surface area contributed by atoms with E-state index in [1.54, 1.807) is 7.11 Å². The minimum atomic E-state index is 0.678. The van der Waals surface area contributed by atoms with Crippen LogP contribution in [0.15, 0.2) is 28.9 Å². The summed E-state index contributed by atoms with van der Waals surface area (Å²) >= 11 is 8.68. The summed E-state index contributed by atoms with van der Waals surface area (Å²) in [6.07, 6.45) is 1.88. The summed E-state index contributed by atoms with van der Waals surface area (Å²) in [5, 5.41) is 0. The minimum Gasteiger partial charge on any atom is -0.497 e. The molecule has 0 aliphatic carbocycles. The van der Waals surface area contributed by atoms with E-state index in [2.05, 4.69) is 20.9 Å². The van der Waals surface area contributed by atoms with Crippen molar-refractivity contribution in [3.05, 3.63) is 39.3 Å². The fraction of sp³-hybridized carbons (Fsp3) is 0.182. The minimum absolute atomic E-state index is 0.678. The Morgan fingerprint density at radius 3 is 2.69 bits per heavy atom. The zero-order valence-electron chi connectivity index (χ0n) is 8.95. The molecule has 0 aliphatic heterocycles. The highest BCUT2D eigenvalue weighted by Crippen LogP contribution is 2.24. The lowest BCUT2D eigenvalue weighted by atomic mass is 10.3. The van der Waals surface area contributed by atoms with Gasteiger partial charge in [0.25, 0.3) is 0 Å². The molecule has 0 unspecified atom stereocenters. The van der Waals surface area contributed by atoms with Crippen LogP contribution in [0, 0.1) is 11.7 Å². The SMILES string of the molecule is COc1cc(Br)cc(-n2c(C)c[nH]c2=S)c1. The highest BCUT2D eigenvalue weighted by atomic mass is 79.9. The number of H-pyrrole nitrogens is 1. The van der Waals surface area contributed by atoms with Crippen LogP contribution in [-0.2, 0) is 0 Å². The van der Waals surface area contributed by atoms with Gasteiger partial charge in [-0.05, 0) is 31.3 Å². The Bertz CT molecular complexity index is 574. The molecule has 0 saturated carbocycles. The number of nitrogens with one attached hydrogen (secondary N) is 1. The van der Waals surface area contributed by atoms with E-state index in [0.29, 0.717) is 4.77 Å². The topological polar surface area (TPSA) is 29.9 Å². The number of nitrogens with zero attached hydrogens (tertiary/aromatic N) is 1. The van der Waals surface area contributed by atoms with Crippen LogP contribution in [0.2, 0.25) is 0 Å². The second-order valence-corrected chi connectivity index (χ2v) is 4.72. The number of ether oxygens (including phenoxy) is 1. The Morgan fingerprint density at radius 1 is 1.38 bits per heavy atom. The van der Waals surface area contributed by atoms with E-state index in [1.807, 2.05) is 35.9 Å². The van der Waals surface area contributed by atoms with Gasteiger partial charge in [0.1, 0.15) is 5.75 Å². The van der Waals surface area contributed by atoms with Gasteiger partial charge in [0.15, 0.2) is 4.77 Å². The molecule has 16 heavy (non-hydrogen) atoms. The van der Waals surface area contributed by atoms with Gasteiger partial charge < -0.3 is 9.72 Å². The standard InChI is InChI=1S/C11H11BrN2OS/c1-7-6-13-11(16)14(7)9-3-8(12)4-10(5-9)15-2/h3-6H,1-2H3,(H,13,16). The predicted molar refractivity (Wildman–Crippen MR) is 69.9 cm³/mol. The zero-order chi connectivity index (χ0) is 11.7. The van der Waals surface area contributed by atoms with Crippen LogP contribution in [-0.4, -0.2) is 16.7 Å². The van der Waals surface area contributed by atoms with Crippen molar-refractivity contribution in [1.82, 2.24) is 9.55 Å². The van der Waals surface area contributed by atoms with E-state index in [0.717, 1.165) is 21.6 Å². The molecule has 0 fully saturated rings. The normalized spacial score (nSPS) is 10.4. The summed E-state index contributed by atoms with van der Waals surface area (Å²) in [4.78, 5) is 3.01. The first-order valence-corrected chi connectivity index (χ1v) is 5.94. The van der Waals surface area contributed by atoms with Crippen LogP contribution in [0.5, 0.6) is 5.75 Å². The average Bonchev–Trinajstić information content (AvgIpc) is 2.57. The second-order valence-electron chi connectivity index (χ2n) is 3.42. The third-order valence-corrected chi connectivity index (χ3v) is 3.07. The molecule has 0 saturated heterocycles. The summed E-state index contributed by atoms with van der Waals surface area (Å²) in [6.45, 7) is 2.00. The molecule has 0 radical (unpaired) electrons. The number of benzene rings is 1. The van der Waals surface area contributed by atoms with Crippen molar-refractivity contribution < 1.29 is 4.74 Å². The number of aromatic amines is 1. The van der Waals surface area contributed by atoms with Gasteiger partial charge in [-0.2, -0.15) is 0 Å². The van der Waals surface area contributed by atoms with E-state index in [1.165, 1.54) is 0 Å². The molecule has 0 atom stereocenters. The zero-order valence-corrected chi connectivity index (χ0v) is 11.4. The molecule has 1 aromatic carbocycles. The lowest BCUT2D eigenvalue weighted by molar-refractivity contribution is 0.414. The van der Waals surface area contributed by atoms with Gasteiger partial charge in [0.05, 0.1) is 12.8 Å². The number of rotatable bonds is 2. The molecule has 0 aliphatic rings. The average molecular weight is 299 g/mol. The number of methoxy groups -OCH3 is 1. The maximum Gasteiger partial charge on any atom is 0.182 e. The summed E-state index contributed by atoms with van der Waals surface area (Å²) in [5.41, 5.74) is 2.04. The number of hydrogen-bond donors (Lipinski definition) is 1. The summed E-state index contributed by atoms with van der Waals surface area (Å²) in [5.74, 6) is 0.798. The van der Waals surface area contributed by atoms with Crippen molar-refractivity contribution in [2.75, 3.05) is 7.11 Å². The first-order chi connectivity index (χ1) is 7.61. The molecule has 1 aromatic heterocycles. The Balaban J connectivity index is 2.64. The van der Waals surface area contributed by atoms with Gasteiger partial charge in [-0.15, -0.1) is 0 Å². The Kier molecular flexibility index (Phi) is 3.16. The van der Waals surface area contributed by atoms with Crippen LogP contribution < -0.4 is 4.74 Å². The van der Waals surface area contributed by atoms with Crippen LogP contribution in [0.4, 0.5) is 0 Å². The summed E-state index contributed by atoms with van der Waals surface area (Å²) < 4.78 is 8.83. The lowest BCUT2D eigenvalue weighted by Crippen LogP contribution is -1.97. The van der Waals surface area contributed by atoms with Crippen molar-refractivity contribution in [3.63, 3.8) is 0 Å². The van der Waals surface area contributed by atoms with E-state index in [9.17, 15) is 0 Å². The predicted octanol–water partition coefficient (Wildman–Crippen LogP) is 3.61. The van der Waals surface area contributed by atoms with Crippen LogP contribution >= 0.6 is 28.1 Å². The van der Waals surface area contributed by atoms with Crippen LogP contribution in [0.3, 0.4) is 0 Å². The van der Waals surface area contributed by atoms with E-state index in [-0.39, 0.29) is 0 Å². The van der Waals surface area contributed by atoms with Gasteiger partial charge in [-0.25, -0.2) is 0 Å². The van der Waals surface area contributed by atoms with Gasteiger partial charge in [-0.1, -0.05) is 15.9 Å². The molecule has 1 N–H and O–H groups in total. The maximum absolute atomic E-state index is 5.23. The largest absolute Gasteiger partial charge is 0.497 e. The molecule has 3 nitrogen and oxygen atoms in total. The third kappa shape index (κ3) is 2.05. The maximum atomic E-state index is 5.23. The van der Waals surface area contributed by atoms with E-state index >= 15 is 0 Å². The molecule has 2 aromatic rings. The quantitative estimate of drug-likeness (QED) is 0.858. The molecule has 2 rings (SSSR count). The van der Waals surface area contributed by atoms with Crippen molar-refractivity contribution in [1.29, 1.82) is 0 Å². The highest BCUT2D eigenvalue weighted by Gasteiger charge is 2.05. The molecule has 84 valence electrons. The van der Waals surface area contributed by atoms with Crippen molar-refractivity contribution >= 4 is 28.1 Å². The highest BCUT2D eigenvalue weighted by molar-refractivity contribution is 9.10. The third-order valence-electron chi connectivity index (χ3n) is 2.31. The van der Waals surface area contributed by atoms with Crippen molar-refractivity contribution in [3.8, 4) is 11.4 Å². The molecule has 0 bridgehead atoms. The summed E-state index contributed by atoms with van der Waals surface area (Å²) in [6, 6.07) is 5.86. The molecular formula is C11H11BrN2OS. The van der Waals surface area contributed by atoms with Gasteiger partial charge >= 0.3 is 0 Å². The van der Waals surface area contributed by atoms with Gasteiger partial charge in [0, 0.05) is 22.4 Å². The van der Waals surface area contributed by atoms with Crippen molar-refractivity contribution in [2.45, 2.75) is 6.92 Å². The fourth-order valence-electron chi connectivity index (χ4n) is 1.57. The number of aryl methyl sites for hydroxylation is 1. The Hall–Kier alpha value is -1.07. The molecule has 0 amide bonds. The number of halogens is 1. The number of hydrogen-bond acceptors (Lipinski definition) is 2. The monoisotopic (exact) mass is 298 g/mol. The van der Waals surface area contributed by atoms with E-state index in [4.69, 9.17) is 17.0 Å². The fourth-order valence-corrected chi connectivity index (χ4v) is 2.34. The van der Waals surface area contributed by atoms with Crippen molar-refractivity contribution in [2.24, 2.45) is 0 Å². The van der Waals surface area contributed by atoms with Gasteiger partial charge in [-0.3, -0.25) is 4.57 Å². The van der Waals surface area contributed by atoms with E-state index < -0.39 is 0 Å². The number of aromatic nitrogens is 2. The number of imidazole rings is 1. The summed E-state index contributed by atoms with van der Waals surface area (Å²) in [7, 11) is 1.65. The Labute approximate surface area is 107 Å². The second kappa shape index (κ2) is 4.43. The molecule has 1 heterocycles. The van der Waals surface area contributed by atoms with Crippen LogP contribution in [0.1, 0.15) is 5.69 Å². The smallest absolute Gasteiger partial charge is 0.182 e. The lowest BCUT2D eigenvalue weighted by Gasteiger charge is -2.08. The van der Waals surface area contributed by atoms with Crippen LogP contribution in [0.25, 0.3) is 5.69 Å². The first-order valence-electron chi connectivity index (χ1n) is 4.74.